The molecule has 52 valence electrons. The van der Waals surface area contributed by atoms with E-state index in [-0.39, 0.29) is 6.54 Å². The average molecular weight is 195 g/mol. The lowest BCUT2D eigenvalue weighted by Gasteiger charge is -1.90. The fraction of sp³-hybridized carbons (Fsp3) is 0.500. The van der Waals surface area contributed by atoms with E-state index in [0.29, 0.717) is 4.48 Å². The number of nitro groups is 1. The summed E-state index contributed by atoms with van der Waals surface area (Å²) in [5.74, 6) is 0. The second kappa shape index (κ2) is 4.31. The molecule has 0 fully saturated rings. The fourth-order valence-electron chi connectivity index (χ4n) is 0.326. The van der Waals surface area contributed by atoms with Gasteiger partial charge in [-0.3, -0.25) is 10.1 Å². The molecule has 0 aromatic heterocycles. The second-order valence-electron chi connectivity index (χ2n) is 1.37. The maximum absolute atomic E-state index is 9.79. The average Bonchev–Trinajstić information content (AvgIpc) is 1.63. The summed E-state index contributed by atoms with van der Waals surface area (Å²) in [4.78, 5) is 9.39. The Morgan fingerprint density at radius 1 is 2.00 bits per heavy atom. The van der Waals surface area contributed by atoms with Crippen molar-refractivity contribution in [2.75, 3.05) is 13.6 Å². The Bertz CT molecular complexity index is 135. The topological polar surface area (TPSA) is 55.2 Å². The van der Waals surface area contributed by atoms with Crippen molar-refractivity contribution in [2.45, 2.75) is 0 Å². The third-order valence-electron chi connectivity index (χ3n) is 0.581. The predicted molar refractivity (Wildman–Crippen MR) is 37.9 cm³/mol. The van der Waals surface area contributed by atoms with Gasteiger partial charge >= 0.3 is 0 Å². The van der Waals surface area contributed by atoms with Crippen molar-refractivity contribution >= 4 is 15.9 Å². The minimum Gasteiger partial charge on any atom is -0.393 e. The van der Waals surface area contributed by atoms with Crippen molar-refractivity contribution in [1.82, 2.24) is 5.32 Å². The highest BCUT2D eigenvalue weighted by Crippen LogP contribution is 2.01. The zero-order valence-corrected chi connectivity index (χ0v) is 6.51. The molecular weight excluding hydrogens is 188 g/mol. The van der Waals surface area contributed by atoms with Crippen LogP contribution in [0.2, 0.25) is 0 Å². The molecule has 0 amide bonds. The van der Waals surface area contributed by atoms with Crippen LogP contribution in [0.5, 0.6) is 0 Å². The molecule has 1 N–H and O–H groups in total. The Kier molecular flexibility index (Phi) is 4.04. The predicted octanol–water partition coefficient (Wildman–Crippen LogP) is 0.719. The molecule has 0 bridgehead atoms. The van der Waals surface area contributed by atoms with Crippen molar-refractivity contribution in [3.63, 3.8) is 0 Å². The Balaban J connectivity index is 3.62. The quantitative estimate of drug-likeness (QED) is 0.533. The van der Waals surface area contributed by atoms with Crippen molar-refractivity contribution in [3.8, 4) is 0 Å². The molecule has 0 aliphatic rings. The first-order valence-corrected chi connectivity index (χ1v) is 3.09. The lowest BCUT2D eigenvalue weighted by atomic mass is 10.6. The number of nitrogens with one attached hydrogen (secondary N) is 1. The van der Waals surface area contributed by atoms with Gasteiger partial charge in [0.25, 0.3) is 0 Å². The molecule has 0 saturated heterocycles. The van der Waals surface area contributed by atoms with Crippen LogP contribution in [-0.2, 0) is 0 Å². The Hall–Kier alpha value is -0.580. The van der Waals surface area contributed by atoms with E-state index < -0.39 is 4.92 Å². The Morgan fingerprint density at radius 3 is 2.89 bits per heavy atom. The molecule has 0 aliphatic heterocycles. The maximum atomic E-state index is 9.79. The van der Waals surface area contributed by atoms with E-state index in [4.69, 9.17) is 0 Å². The molecule has 4 nitrogen and oxygen atoms in total. The van der Waals surface area contributed by atoms with Crippen LogP contribution in [0.3, 0.4) is 0 Å². The maximum Gasteiger partial charge on any atom is 0.236 e. The molecule has 5 heteroatoms. The smallest absolute Gasteiger partial charge is 0.236 e. The van der Waals surface area contributed by atoms with E-state index in [1.807, 2.05) is 0 Å². The van der Waals surface area contributed by atoms with Gasteiger partial charge in [-0.1, -0.05) is 0 Å². The van der Waals surface area contributed by atoms with Gasteiger partial charge in [-0.2, -0.15) is 0 Å². The van der Waals surface area contributed by atoms with Crippen LogP contribution in [-0.4, -0.2) is 18.5 Å². The van der Waals surface area contributed by atoms with Crippen LogP contribution in [0.4, 0.5) is 0 Å². The molecule has 0 spiro atoms. The van der Waals surface area contributed by atoms with Crippen LogP contribution in [0.15, 0.2) is 10.7 Å². The fourth-order valence-corrected chi connectivity index (χ4v) is 0.759. The van der Waals surface area contributed by atoms with Crippen LogP contribution in [0, 0.1) is 10.1 Å². The van der Waals surface area contributed by atoms with Gasteiger partial charge in [-0.25, -0.2) is 0 Å². The van der Waals surface area contributed by atoms with E-state index >= 15 is 0 Å². The lowest BCUT2D eigenvalue weighted by Crippen LogP contribution is -2.03. The van der Waals surface area contributed by atoms with Crippen molar-refractivity contribution in [1.29, 1.82) is 0 Å². The number of rotatable bonds is 3. The SMILES string of the molecule is CN/C=C(/Br)C[N+](=O)[O-]. The summed E-state index contributed by atoms with van der Waals surface area (Å²) < 4.78 is 0.537. The number of hydrogen-bond acceptors (Lipinski definition) is 3. The normalized spacial score (nSPS) is 11.1. The summed E-state index contributed by atoms with van der Waals surface area (Å²) in [5, 5.41) is 12.5. The van der Waals surface area contributed by atoms with Gasteiger partial charge in [-0.15, -0.1) is 0 Å². The molecule has 0 aromatic carbocycles. The number of halogens is 1. The minimum atomic E-state index is -0.405. The van der Waals surface area contributed by atoms with E-state index in [2.05, 4.69) is 21.2 Å². The van der Waals surface area contributed by atoms with Gasteiger partial charge in [0.05, 0.1) is 4.48 Å². The summed E-state index contributed by atoms with van der Waals surface area (Å²) >= 11 is 3.00. The Labute approximate surface area is 61.2 Å². The molecule has 0 heterocycles. The molecule has 0 rings (SSSR count). The molecule has 0 aliphatic carbocycles. The second-order valence-corrected chi connectivity index (χ2v) is 2.39. The van der Waals surface area contributed by atoms with E-state index in [1.165, 1.54) is 6.20 Å². The third kappa shape index (κ3) is 5.29. The lowest BCUT2D eigenvalue weighted by molar-refractivity contribution is -0.469. The van der Waals surface area contributed by atoms with Gasteiger partial charge in [-0.05, 0) is 15.9 Å². The summed E-state index contributed by atoms with van der Waals surface area (Å²) in [6.45, 7) is -0.166. The summed E-state index contributed by atoms with van der Waals surface area (Å²) in [6, 6.07) is 0. The summed E-state index contributed by atoms with van der Waals surface area (Å²) in [5.41, 5.74) is 0. The molecular formula is C4H7BrN2O2. The third-order valence-corrected chi connectivity index (χ3v) is 1.06. The van der Waals surface area contributed by atoms with Crippen LogP contribution in [0.25, 0.3) is 0 Å². The number of hydrogen-bond donors (Lipinski definition) is 1. The largest absolute Gasteiger partial charge is 0.393 e. The van der Waals surface area contributed by atoms with Crippen molar-refractivity contribution < 1.29 is 4.92 Å². The first-order valence-electron chi connectivity index (χ1n) is 2.30. The minimum absolute atomic E-state index is 0.166. The molecule has 0 unspecified atom stereocenters. The van der Waals surface area contributed by atoms with E-state index in [1.54, 1.807) is 7.05 Å². The van der Waals surface area contributed by atoms with Crippen molar-refractivity contribution in [2.24, 2.45) is 0 Å². The standard InChI is InChI=1S/C4H7BrN2O2/c1-6-2-4(5)3-7(8)9/h2,6H,3H2,1H3/b4-2+. The van der Waals surface area contributed by atoms with Gasteiger partial charge in [0.15, 0.2) is 0 Å². The zero-order chi connectivity index (χ0) is 7.28. The molecule has 0 atom stereocenters. The molecule has 0 radical (unpaired) electrons. The first-order chi connectivity index (χ1) is 4.16. The molecule has 0 saturated carbocycles. The highest BCUT2D eigenvalue weighted by atomic mass is 79.9. The van der Waals surface area contributed by atoms with Crippen LogP contribution in [0.1, 0.15) is 0 Å². The van der Waals surface area contributed by atoms with Gasteiger partial charge in [0, 0.05) is 18.2 Å². The molecule has 9 heavy (non-hydrogen) atoms. The van der Waals surface area contributed by atoms with Gasteiger partial charge < -0.3 is 5.32 Å². The van der Waals surface area contributed by atoms with Crippen LogP contribution < -0.4 is 5.32 Å². The van der Waals surface area contributed by atoms with E-state index in [9.17, 15) is 10.1 Å². The van der Waals surface area contributed by atoms with Crippen LogP contribution >= 0.6 is 15.9 Å². The van der Waals surface area contributed by atoms with E-state index in [0.717, 1.165) is 0 Å². The number of nitrogens with zero attached hydrogens (tertiary/aromatic N) is 1. The van der Waals surface area contributed by atoms with Crippen molar-refractivity contribution in [3.05, 3.63) is 20.8 Å². The summed E-state index contributed by atoms with van der Waals surface area (Å²) in [7, 11) is 1.68. The zero-order valence-electron chi connectivity index (χ0n) is 4.93. The van der Waals surface area contributed by atoms with Gasteiger partial charge in [0.2, 0.25) is 6.54 Å². The highest BCUT2D eigenvalue weighted by molar-refractivity contribution is 9.11. The molecule has 0 aromatic rings. The highest BCUT2D eigenvalue weighted by Gasteiger charge is 1.98. The summed E-state index contributed by atoms with van der Waals surface area (Å²) in [6.07, 6.45) is 1.53. The first kappa shape index (κ1) is 8.42. The van der Waals surface area contributed by atoms with Gasteiger partial charge in [0.1, 0.15) is 0 Å². The monoisotopic (exact) mass is 194 g/mol. The Morgan fingerprint density at radius 2 is 2.56 bits per heavy atom.